The predicted octanol–water partition coefficient (Wildman–Crippen LogP) is 7.70. The second-order valence-electron chi connectivity index (χ2n) is 16.8. The Morgan fingerprint density at radius 1 is 0.695 bits per heavy atom. The first-order valence-corrected chi connectivity index (χ1v) is 18.7. The quantitative estimate of drug-likeness (QED) is 0.126. The number of anilines is 2. The Morgan fingerprint density at radius 2 is 1.08 bits per heavy atom. The largest absolute Gasteiger partial charge is 0.496 e. The summed E-state index contributed by atoms with van der Waals surface area (Å²) < 4.78 is 104. The summed E-state index contributed by atoms with van der Waals surface area (Å²) in [7, 11) is 0. The van der Waals surface area contributed by atoms with Gasteiger partial charge in [-0.3, -0.25) is 19.2 Å². The summed E-state index contributed by atoms with van der Waals surface area (Å²) in [5.41, 5.74) is -7.90. The van der Waals surface area contributed by atoms with Crippen molar-refractivity contribution in [3.05, 3.63) is 83.2 Å². The van der Waals surface area contributed by atoms with Gasteiger partial charge in [0.25, 0.3) is 0 Å². The van der Waals surface area contributed by atoms with Crippen LogP contribution in [0.15, 0.2) is 49.2 Å². The molecule has 59 heavy (non-hydrogen) atoms. The van der Waals surface area contributed by atoms with Crippen LogP contribution >= 0.6 is 0 Å². The molecule has 4 amide bonds. The Hall–Kier alpha value is -5.30. The molecule has 6 aliphatic heterocycles. The number of fused-ring (bicyclic) bond motifs is 10. The van der Waals surface area contributed by atoms with E-state index in [0.29, 0.717) is 25.0 Å². The minimum absolute atomic E-state index is 0.135. The number of amides is 4. The van der Waals surface area contributed by atoms with Crippen LogP contribution < -0.4 is 9.80 Å². The third-order valence-electron chi connectivity index (χ3n) is 13.0. The van der Waals surface area contributed by atoms with Gasteiger partial charge in [-0.15, -0.1) is 0 Å². The van der Waals surface area contributed by atoms with E-state index < -0.39 is 111 Å². The molecule has 18 heteroatoms. The fourth-order valence-corrected chi connectivity index (χ4v) is 10.4. The van der Waals surface area contributed by atoms with E-state index in [2.05, 4.69) is 16.3 Å². The van der Waals surface area contributed by atoms with Gasteiger partial charge in [0, 0.05) is 24.2 Å². The fourth-order valence-electron chi connectivity index (χ4n) is 10.4. The molecule has 0 spiro atoms. The number of benzene rings is 2. The smallest absolute Gasteiger partial charge is 0.407 e. The molecule has 7 aliphatic rings. The van der Waals surface area contributed by atoms with E-state index in [-0.39, 0.29) is 23.6 Å². The lowest BCUT2D eigenvalue weighted by Gasteiger charge is -2.35. The van der Waals surface area contributed by atoms with Crippen molar-refractivity contribution in [2.24, 2.45) is 23.7 Å². The van der Waals surface area contributed by atoms with Crippen molar-refractivity contribution in [1.29, 1.82) is 0 Å². The van der Waals surface area contributed by atoms with Crippen molar-refractivity contribution in [3.8, 4) is 0 Å². The van der Waals surface area contributed by atoms with E-state index in [1.165, 1.54) is 18.4 Å². The highest BCUT2D eigenvalue weighted by Gasteiger charge is 2.78. The van der Waals surface area contributed by atoms with E-state index in [9.17, 15) is 45.5 Å². The standard InChI is InChI=1S/C21H19F3N2O4.C20H17F3N2O4/c1-19-9-14(29-11-5-6-11)20(2,30-19)16-15(19)17(27)26(18(16)28)10-4-7-13(25-3)12(8-10)21(22,23)24;1-5-28-13-9-18(2)14-15(19(13,3)29-18)17(27)25(16(14)26)10-6-7-12(24-4)11(8-10)20(21,22)23/h4,7-8,11,14-16H,5-6,9H2,1-2H3;5-8,13-15H,1,9H2,2-3H3/t14-,15+,16-,19?,20?;13-,14+,15-,18?,19?/m00/s1. The van der Waals surface area contributed by atoms with Crippen molar-refractivity contribution in [2.75, 3.05) is 9.80 Å². The Bertz CT molecular complexity index is 2320. The third-order valence-corrected chi connectivity index (χ3v) is 13.0. The molecule has 9 rings (SSSR count). The molecule has 0 aromatic heterocycles. The number of carbonyl (C=O) groups is 4. The zero-order valence-corrected chi connectivity index (χ0v) is 31.9. The SMILES string of the molecule is [C-]#[N+]c1ccc(N2C(=O)[C@@H]3[C@H](C2=O)C2(C)C[C@H](OC4CC4)C3(C)O2)cc1C(F)(F)F.[C-]#[N+]c1ccc(N2C(=O)[C@@H]3[C@H](C2=O)C2(C)C[C@H](OC=C)C3(C)O2)cc1C(F)(F)F. The normalized spacial score (nSPS) is 36.6. The molecule has 2 aromatic rings. The van der Waals surface area contributed by atoms with Crippen molar-refractivity contribution >= 4 is 46.4 Å². The summed E-state index contributed by atoms with van der Waals surface area (Å²) in [6.45, 7) is 24.3. The summed E-state index contributed by atoms with van der Waals surface area (Å²) in [6.07, 6.45) is -6.32. The van der Waals surface area contributed by atoms with Gasteiger partial charge >= 0.3 is 12.4 Å². The van der Waals surface area contributed by atoms with Crippen LogP contribution in [-0.4, -0.2) is 64.3 Å². The summed E-state index contributed by atoms with van der Waals surface area (Å²) in [5.74, 6) is -5.67. The zero-order chi connectivity index (χ0) is 43.0. The van der Waals surface area contributed by atoms with E-state index in [1.807, 2.05) is 0 Å². The first-order chi connectivity index (χ1) is 27.5. The van der Waals surface area contributed by atoms with Gasteiger partial charge in [-0.05, 0) is 64.8 Å². The summed E-state index contributed by atoms with van der Waals surface area (Å²) in [5, 5.41) is 0. The molecule has 6 heterocycles. The Balaban J connectivity index is 0.000000164. The number of hydrogen-bond acceptors (Lipinski definition) is 8. The number of imide groups is 2. The summed E-state index contributed by atoms with van der Waals surface area (Å²) in [6, 6.07) is 5.74. The first kappa shape index (κ1) is 40.5. The minimum atomic E-state index is -4.79. The molecule has 6 saturated heterocycles. The molecule has 10 atom stereocenters. The summed E-state index contributed by atoms with van der Waals surface area (Å²) in [4.78, 5) is 60.3. The number of ether oxygens (including phenoxy) is 4. The lowest BCUT2D eigenvalue weighted by atomic mass is 9.67. The van der Waals surface area contributed by atoms with Gasteiger partial charge in [-0.2, -0.15) is 26.3 Å². The van der Waals surface area contributed by atoms with Crippen LogP contribution in [0.4, 0.5) is 49.1 Å². The number of carbonyl (C=O) groups excluding carboxylic acids is 4. The van der Waals surface area contributed by atoms with Gasteiger partial charge in [0.1, 0.15) is 17.3 Å². The van der Waals surface area contributed by atoms with Crippen molar-refractivity contribution in [2.45, 2.75) is 106 Å². The number of nitrogens with zero attached hydrogens (tertiary/aromatic N) is 4. The van der Waals surface area contributed by atoms with E-state index in [0.717, 1.165) is 34.8 Å². The van der Waals surface area contributed by atoms with Gasteiger partial charge < -0.3 is 18.9 Å². The van der Waals surface area contributed by atoms with Crippen LogP contribution in [0, 0.1) is 36.8 Å². The maximum Gasteiger partial charge on any atom is 0.407 e. The molecule has 1 saturated carbocycles. The molecule has 4 unspecified atom stereocenters. The third kappa shape index (κ3) is 5.81. The average Bonchev–Trinajstić information content (AvgIpc) is 3.46. The van der Waals surface area contributed by atoms with Crippen molar-refractivity contribution < 1.29 is 64.5 Å². The molecule has 0 radical (unpaired) electrons. The van der Waals surface area contributed by atoms with E-state index in [4.69, 9.17) is 32.1 Å². The van der Waals surface area contributed by atoms with Crippen molar-refractivity contribution in [3.63, 3.8) is 0 Å². The monoisotopic (exact) mass is 826 g/mol. The lowest BCUT2D eigenvalue weighted by molar-refractivity contribution is -0.138. The van der Waals surface area contributed by atoms with Crippen LogP contribution in [-0.2, 0) is 50.5 Å². The second kappa shape index (κ2) is 12.8. The molecule has 1 aliphatic carbocycles. The van der Waals surface area contributed by atoms with Crippen LogP contribution in [0.2, 0.25) is 0 Å². The number of halogens is 6. The Morgan fingerprint density at radius 3 is 1.46 bits per heavy atom. The van der Waals surface area contributed by atoms with Gasteiger partial charge in [0.15, 0.2) is 11.4 Å². The molecule has 7 fully saturated rings. The van der Waals surface area contributed by atoms with Gasteiger partial charge in [-0.25, -0.2) is 19.5 Å². The highest BCUT2D eigenvalue weighted by Crippen LogP contribution is 2.64. The highest BCUT2D eigenvalue weighted by atomic mass is 19.4. The number of rotatable bonds is 6. The number of hydrogen-bond donors (Lipinski definition) is 0. The first-order valence-electron chi connectivity index (χ1n) is 18.7. The van der Waals surface area contributed by atoms with Crippen LogP contribution in [0.1, 0.15) is 64.5 Å². The van der Waals surface area contributed by atoms with E-state index >= 15 is 0 Å². The Kier molecular flexibility index (Phi) is 8.82. The van der Waals surface area contributed by atoms with Gasteiger partial charge in [0.2, 0.25) is 23.6 Å². The van der Waals surface area contributed by atoms with Crippen LogP contribution in [0.3, 0.4) is 0 Å². The summed E-state index contributed by atoms with van der Waals surface area (Å²) >= 11 is 0. The van der Waals surface area contributed by atoms with Gasteiger partial charge in [0.05, 0.1) is 77.6 Å². The molecule has 310 valence electrons. The topological polar surface area (TPSA) is 120 Å². The maximum atomic E-state index is 13.4. The zero-order valence-electron chi connectivity index (χ0n) is 31.9. The molecule has 2 aromatic carbocycles. The molecular weight excluding hydrogens is 790 g/mol. The van der Waals surface area contributed by atoms with Crippen molar-refractivity contribution in [1.82, 2.24) is 0 Å². The van der Waals surface area contributed by atoms with E-state index in [1.54, 1.807) is 27.7 Å². The van der Waals surface area contributed by atoms with Crippen LogP contribution in [0.5, 0.6) is 0 Å². The molecule has 4 bridgehead atoms. The minimum Gasteiger partial charge on any atom is -0.496 e. The average molecular weight is 827 g/mol. The lowest BCUT2D eigenvalue weighted by Crippen LogP contribution is -2.50. The highest BCUT2D eigenvalue weighted by molar-refractivity contribution is 6.24. The fraction of sp³-hybridized carbons (Fsp3) is 0.512. The molecular formula is C41H36F6N4O8. The Labute approximate surface area is 333 Å². The number of alkyl halides is 6. The molecule has 0 N–H and O–H groups in total. The second-order valence-corrected chi connectivity index (χ2v) is 16.8. The predicted molar refractivity (Wildman–Crippen MR) is 192 cm³/mol. The van der Waals surface area contributed by atoms with Gasteiger partial charge in [-0.1, -0.05) is 18.7 Å². The molecule has 12 nitrogen and oxygen atoms in total. The van der Waals surface area contributed by atoms with Crippen LogP contribution in [0.25, 0.3) is 9.69 Å². The maximum absolute atomic E-state index is 13.4.